The Hall–Kier alpha value is -1.88. The van der Waals surface area contributed by atoms with Crippen LogP contribution >= 0.6 is 0 Å². The van der Waals surface area contributed by atoms with Gasteiger partial charge in [0.1, 0.15) is 0 Å². The van der Waals surface area contributed by atoms with Crippen molar-refractivity contribution in [2.24, 2.45) is 0 Å². The minimum atomic E-state index is -0.873. The van der Waals surface area contributed by atoms with Crippen molar-refractivity contribution in [1.29, 1.82) is 0 Å². The van der Waals surface area contributed by atoms with Crippen molar-refractivity contribution in [1.82, 2.24) is 5.32 Å². The van der Waals surface area contributed by atoms with Crippen LogP contribution in [0.5, 0.6) is 0 Å². The van der Waals surface area contributed by atoms with Gasteiger partial charge in [-0.1, -0.05) is 12.1 Å². The maximum atomic E-state index is 12.3. The van der Waals surface area contributed by atoms with E-state index in [0.717, 1.165) is 11.3 Å². The highest BCUT2D eigenvalue weighted by Crippen LogP contribution is 2.19. The summed E-state index contributed by atoms with van der Waals surface area (Å²) in [6, 6.07) is 7.39. The molecule has 1 atom stereocenters. The van der Waals surface area contributed by atoms with Gasteiger partial charge in [-0.3, -0.25) is 9.59 Å². The van der Waals surface area contributed by atoms with Crippen molar-refractivity contribution < 1.29 is 14.7 Å². The molecule has 0 saturated carbocycles. The second-order valence-corrected chi connectivity index (χ2v) is 4.77. The normalized spacial score (nSPS) is 19.5. The first kappa shape index (κ1) is 13.5. The molecular formula is C14H18N2O3. The highest BCUT2D eigenvalue weighted by atomic mass is 16.4. The molecule has 0 aromatic heterocycles. The van der Waals surface area contributed by atoms with Crippen LogP contribution in [0, 0.1) is 6.92 Å². The smallest absolute Gasteiger partial charge is 0.303 e. The molecule has 1 aliphatic heterocycles. The number of carbonyl (C=O) groups is 2. The summed E-state index contributed by atoms with van der Waals surface area (Å²) in [6.07, 6.45) is 0.335. The zero-order valence-electron chi connectivity index (χ0n) is 10.9. The molecule has 1 aromatic rings. The lowest BCUT2D eigenvalue weighted by molar-refractivity contribution is -0.137. The second kappa shape index (κ2) is 5.84. The predicted octanol–water partition coefficient (Wildman–Crippen LogP) is 1.16. The fraction of sp³-hybridized carbons (Fsp3) is 0.429. The molecule has 1 saturated heterocycles. The molecule has 1 fully saturated rings. The zero-order valence-corrected chi connectivity index (χ0v) is 10.9. The molecule has 2 N–H and O–H groups in total. The number of carboxylic acids is 1. The molecule has 5 heteroatoms. The number of aliphatic carboxylic acids is 1. The predicted molar refractivity (Wildman–Crippen MR) is 72.2 cm³/mol. The molecule has 19 heavy (non-hydrogen) atoms. The van der Waals surface area contributed by atoms with E-state index < -0.39 is 12.0 Å². The summed E-state index contributed by atoms with van der Waals surface area (Å²) in [4.78, 5) is 24.6. The van der Waals surface area contributed by atoms with E-state index in [9.17, 15) is 9.59 Å². The lowest BCUT2D eigenvalue weighted by Crippen LogP contribution is -2.55. The summed E-state index contributed by atoms with van der Waals surface area (Å²) in [5, 5.41) is 11.8. The van der Waals surface area contributed by atoms with E-state index >= 15 is 0 Å². The van der Waals surface area contributed by atoms with Crippen molar-refractivity contribution in [3.05, 3.63) is 29.8 Å². The number of aryl methyl sites for hydroxylation is 1. The first-order valence-electron chi connectivity index (χ1n) is 6.41. The maximum absolute atomic E-state index is 12.3. The van der Waals surface area contributed by atoms with Gasteiger partial charge in [0.2, 0.25) is 5.91 Å². The SMILES string of the molecule is Cc1cccc(N2CCNC(CCC(=O)O)C2=O)c1. The van der Waals surface area contributed by atoms with Gasteiger partial charge in [-0.05, 0) is 31.0 Å². The summed E-state index contributed by atoms with van der Waals surface area (Å²) >= 11 is 0. The Balaban J connectivity index is 2.09. The van der Waals surface area contributed by atoms with Crippen LogP contribution in [0.15, 0.2) is 24.3 Å². The quantitative estimate of drug-likeness (QED) is 0.854. The van der Waals surface area contributed by atoms with Gasteiger partial charge in [-0.15, -0.1) is 0 Å². The van der Waals surface area contributed by atoms with Gasteiger partial charge >= 0.3 is 5.97 Å². The number of amides is 1. The summed E-state index contributed by atoms with van der Waals surface area (Å²) in [7, 11) is 0. The molecule has 1 aliphatic rings. The Bertz CT molecular complexity index is 487. The Kier molecular flexibility index (Phi) is 4.16. The third-order valence-electron chi connectivity index (χ3n) is 3.25. The van der Waals surface area contributed by atoms with Crippen LogP contribution in [-0.2, 0) is 9.59 Å². The van der Waals surface area contributed by atoms with Crippen molar-refractivity contribution in [2.45, 2.75) is 25.8 Å². The number of nitrogens with one attached hydrogen (secondary N) is 1. The van der Waals surface area contributed by atoms with Gasteiger partial charge < -0.3 is 15.3 Å². The molecule has 102 valence electrons. The summed E-state index contributed by atoms with van der Waals surface area (Å²) in [6.45, 7) is 3.29. The first-order chi connectivity index (χ1) is 9.08. The molecule has 0 radical (unpaired) electrons. The largest absolute Gasteiger partial charge is 0.481 e. The average Bonchev–Trinajstić information content (AvgIpc) is 2.37. The fourth-order valence-electron chi connectivity index (χ4n) is 2.28. The van der Waals surface area contributed by atoms with Crippen LogP contribution < -0.4 is 10.2 Å². The molecule has 5 nitrogen and oxygen atoms in total. The Labute approximate surface area is 112 Å². The molecule has 0 spiro atoms. The van der Waals surface area contributed by atoms with Gasteiger partial charge in [-0.2, -0.15) is 0 Å². The van der Waals surface area contributed by atoms with Crippen LogP contribution in [0.25, 0.3) is 0 Å². The van der Waals surface area contributed by atoms with E-state index in [2.05, 4.69) is 5.32 Å². The highest BCUT2D eigenvalue weighted by Gasteiger charge is 2.29. The van der Waals surface area contributed by atoms with Gasteiger partial charge in [0.25, 0.3) is 0 Å². The molecule has 0 aliphatic carbocycles. The Morgan fingerprint density at radius 1 is 1.53 bits per heavy atom. The van der Waals surface area contributed by atoms with Crippen molar-refractivity contribution in [3.63, 3.8) is 0 Å². The number of anilines is 1. The number of rotatable bonds is 4. The molecule has 2 rings (SSSR count). The topological polar surface area (TPSA) is 69.6 Å². The summed E-state index contributed by atoms with van der Waals surface area (Å²) in [5.41, 5.74) is 1.98. The van der Waals surface area contributed by atoms with Crippen LogP contribution in [0.1, 0.15) is 18.4 Å². The first-order valence-corrected chi connectivity index (χ1v) is 6.41. The number of benzene rings is 1. The molecule has 1 amide bonds. The fourth-order valence-corrected chi connectivity index (χ4v) is 2.28. The monoisotopic (exact) mass is 262 g/mol. The number of hydrogen-bond acceptors (Lipinski definition) is 3. The number of carbonyl (C=O) groups excluding carboxylic acids is 1. The molecule has 1 unspecified atom stereocenters. The molecular weight excluding hydrogens is 244 g/mol. The van der Waals surface area contributed by atoms with Gasteiger partial charge in [0.15, 0.2) is 0 Å². The van der Waals surface area contributed by atoms with Crippen LogP contribution in [0.2, 0.25) is 0 Å². The summed E-state index contributed by atoms with van der Waals surface area (Å²) < 4.78 is 0. The van der Waals surface area contributed by atoms with E-state index in [1.807, 2.05) is 31.2 Å². The van der Waals surface area contributed by atoms with E-state index in [1.165, 1.54) is 0 Å². The Morgan fingerprint density at radius 2 is 2.32 bits per heavy atom. The van der Waals surface area contributed by atoms with Crippen molar-refractivity contribution >= 4 is 17.6 Å². The zero-order chi connectivity index (χ0) is 13.8. The number of carboxylic acid groups (broad SMARTS) is 1. The van der Waals surface area contributed by atoms with E-state index in [0.29, 0.717) is 19.5 Å². The lowest BCUT2D eigenvalue weighted by Gasteiger charge is -2.33. The molecule has 0 bridgehead atoms. The van der Waals surface area contributed by atoms with E-state index in [4.69, 9.17) is 5.11 Å². The summed E-state index contributed by atoms with van der Waals surface area (Å²) in [5.74, 6) is -0.916. The minimum absolute atomic E-state index is 0.00502. The van der Waals surface area contributed by atoms with Crippen LogP contribution in [-0.4, -0.2) is 36.1 Å². The third-order valence-corrected chi connectivity index (χ3v) is 3.25. The van der Waals surface area contributed by atoms with Crippen LogP contribution in [0.4, 0.5) is 5.69 Å². The average molecular weight is 262 g/mol. The maximum Gasteiger partial charge on any atom is 0.303 e. The number of piperazine rings is 1. The van der Waals surface area contributed by atoms with Gasteiger partial charge in [-0.25, -0.2) is 0 Å². The van der Waals surface area contributed by atoms with Crippen molar-refractivity contribution in [2.75, 3.05) is 18.0 Å². The molecule has 1 aromatic carbocycles. The lowest BCUT2D eigenvalue weighted by atomic mass is 10.1. The van der Waals surface area contributed by atoms with Crippen LogP contribution in [0.3, 0.4) is 0 Å². The van der Waals surface area contributed by atoms with Gasteiger partial charge in [0, 0.05) is 25.2 Å². The minimum Gasteiger partial charge on any atom is -0.481 e. The van der Waals surface area contributed by atoms with Gasteiger partial charge in [0.05, 0.1) is 6.04 Å². The number of nitrogens with zero attached hydrogens (tertiary/aromatic N) is 1. The highest BCUT2D eigenvalue weighted by molar-refractivity contribution is 5.98. The van der Waals surface area contributed by atoms with Crippen molar-refractivity contribution in [3.8, 4) is 0 Å². The van der Waals surface area contributed by atoms with E-state index in [-0.39, 0.29) is 12.3 Å². The Morgan fingerprint density at radius 3 is 3.00 bits per heavy atom. The van der Waals surface area contributed by atoms with E-state index in [1.54, 1.807) is 4.90 Å². The molecule has 1 heterocycles. The number of hydrogen-bond donors (Lipinski definition) is 2. The second-order valence-electron chi connectivity index (χ2n) is 4.77. The third kappa shape index (κ3) is 3.32. The standard InChI is InChI=1S/C14H18N2O3/c1-10-3-2-4-11(9-10)16-8-7-15-12(14(16)19)5-6-13(17)18/h2-4,9,12,15H,5-8H2,1H3,(H,17,18).